The number of thioether (sulfide) groups is 1. The molecule has 106 valence electrons. The first-order valence-electron chi connectivity index (χ1n) is 5.82. The lowest BCUT2D eigenvalue weighted by Gasteiger charge is -2.18. The van der Waals surface area contributed by atoms with Gasteiger partial charge >= 0.3 is 0 Å². The lowest BCUT2D eigenvalue weighted by atomic mass is 10.1. The first kappa shape index (κ1) is 14.3. The molecule has 1 aliphatic rings. The van der Waals surface area contributed by atoms with Crippen LogP contribution < -0.4 is 14.2 Å². The fourth-order valence-electron chi connectivity index (χ4n) is 1.79. The minimum absolute atomic E-state index is 0.169. The van der Waals surface area contributed by atoms with Crippen molar-refractivity contribution in [1.29, 1.82) is 0 Å². The largest absolute Gasteiger partial charge is 0.493 e. The molecular formula is C14H15NO4S. The summed E-state index contributed by atoms with van der Waals surface area (Å²) in [5, 5.41) is 3.66. The maximum Gasteiger partial charge on any atom is 0.262 e. The molecule has 20 heavy (non-hydrogen) atoms. The molecule has 0 saturated carbocycles. The molecule has 2 rings (SSSR count). The average molecular weight is 293 g/mol. The van der Waals surface area contributed by atoms with Gasteiger partial charge in [-0.15, -0.1) is 11.8 Å². The lowest BCUT2D eigenvalue weighted by Crippen LogP contribution is -2.20. The molecule has 0 aromatic heterocycles. The van der Waals surface area contributed by atoms with E-state index >= 15 is 0 Å². The van der Waals surface area contributed by atoms with Crippen LogP contribution in [0.4, 0.5) is 0 Å². The van der Waals surface area contributed by atoms with E-state index in [2.05, 4.69) is 0 Å². The van der Waals surface area contributed by atoms with Crippen molar-refractivity contribution in [3.8, 4) is 17.2 Å². The van der Waals surface area contributed by atoms with Crippen molar-refractivity contribution in [2.24, 2.45) is 0 Å². The van der Waals surface area contributed by atoms with Crippen LogP contribution in [0, 0.1) is 0 Å². The summed E-state index contributed by atoms with van der Waals surface area (Å²) < 4.78 is 15.7. The van der Waals surface area contributed by atoms with Crippen LogP contribution in [0.15, 0.2) is 35.3 Å². The van der Waals surface area contributed by atoms with E-state index in [-0.39, 0.29) is 5.91 Å². The quantitative estimate of drug-likeness (QED) is 0.854. The van der Waals surface area contributed by atoms with Gasteiger partial charge < -0.3 is 14.2 Å². The van der Waals surface area contributed by atoms with Gasteiger partial charge in [-0.25, -0.2) is 0 Å². The molecule has 0 radical (unpaired) electrons. The van der Waals surface area contributed by atoms with Crippen molar-refractivity contribution in [3.63, 3.8) is 0 Å². The second-order valence-corrected chi connectivity index (χ2v) is 4.65. The second-order valence-electron chi connectivity index (χ2n) is 3.83. The third-order valence-electron chi connectivity index (χ3n) is 2.75. The molecular weight excluding hydrogens is 278 g/mol. The fourth-order valence-corrected chi connectivity index (χ4v) is 2.28. The van der Waals surface area contributed by atoms with Gasteiger partial charge in [0.15, 0.2) is 11.5 Å². The number of amides is 1. The van der Waals surface area contributed by atoms with Gasteiger partial charge in [-0.3, -0.25) is 9.69 Å². The van der Waals surface area contributed by atoms with Crippen LogP contribution in [-0.2, 0) is 0 Å². The zero-order valence-electron chi connectivity index (χ0n) is 11.5. The van der Waals surface area contributed by atoms with Crippen LogP contribution in [0.1, 0.15) is 10.4 Å². The maximum absolute atomic E-state index is 12.4. The SMILES string of the molecule is COc1cc(C(=O)N2C=CSC=C2)cc(OC)c1OC. The standard InChI is InChI=1S/C14H15NO4S/c1-17-11-8-10(9-12(18-2)13(11)19-3)14(16)15-4-6-20-7-5-15/h4-9H,1-3H3. The third-order valence-corrected chi connectivity index (χ3v) is 3.30. The molecule has 1 aromatic rings. The smallest absolute Gasteiger partial charge is 0.262 e. The molecule has 1 heterocycles. The molecule has 0 N–H and O–H groups in total. The summed E-state index contributed by atoms with van der Waals surface area (Å²) in [5.41, 5.74) is 0.459. The number of methoxy groups -OCH3 is 3. The number of ether oxygens (including phenoxy) is 3. The number of nitrogens with zero attached hydrogens (tertiary/aromatic N) is 1. The van der Waals surface area contributed by atoms with Gasteiger partial charge in [0.1, 0.15) is 0 Å². The maximum atomic E-state index is 12.4. The van der Waals surface area contributed by atoms with E-state index in [1.807, 2.05) is 10.8 Å². The molecule has 0 unspecified atom stereocenters. The van der Waals surface area contributed by atoms with E-state index in [4.69, 9.17) is 14.2 Å². The zero-order chi connectivity index (χ0) is 14.5. The summed E-state index contributed by atoms with van der Waals surface area (Å²) in [6.07, 6.45) is 3.41. The summed E-state index contributed by atoms with van der Waals surface area (Å²) >= 11 is 1.51. The van der Waals surface area contributed by atoms with E-state index in [0.29, 0.717) is 22.8 Å². The van der Waals surface area contributed by atoms with Gasteiger partial charge in [-0.05, 0) is 22.9 Å². The normalized spacial score (nSPS) is 13.2. The molecule has 0 saturated heterocycles. The minimum atomic E-state index is -0.169. The second kappa shape index (κ2) is 6.38. The van der Waals surface area contributed by atoms with Crippen molar-refractivity contribution in [3.05, 3.63) is 40.9 Å². The van der Waals surface area contributed by atoms with E-state index in [1.54, 1.807) is 24.5 Å². The molecule has 1 amide bonds. The minimum Gasteiger partial charge on any atom is -0.493 e. The molecule has 6 heteroatoms. The van der Waals surface area contributed by atoms with Crippen LogP contribution in [0.25, 0.3) is 0 Å². The third kappa shape index (κ3) is 2.75. The average Bonchev–Trinajstić information content (AvgIpc) is 2.53. The van der Waals surface area contributed by atoms with Crippen LogP contribution in [0.3, 0.4) is 0 Å². The summed E-state index contributed by atoms with van der Waals surface area (Å²) in [7, 11) is 4.56. The highest BCUT2D eigenvalue weighted by molar-refractivity contribution is 8.04. The highest BCUT2D eigenvalue weighted by Gasteiger charge is 2.19. The Morgan fingerprint density at radius 3 is 2.00 bits per heavy atom. The first-order chi connectivity index (χ1) is 9.71. The topological polar surface area (TPSA) is 48.0 Å². The van der Waals surface area contributed by atoms with Gasteiger partial charge in [-0.2, -0.15) is 0 Å². The fraction of sp³-hybridized carbons (Fsp3) is 0.214. The number of hydrogen-bond donors (Lipinski definition) is 0. The highest BCUT2D eigenvalue weighted by atomic mass is 32.2. The number of carbonyl (C=O) groups is 1. The van der Waals surface area contributed by atoms with E-state index < -0.39 is 0 Å². The van der Waals surface area contributed by atoms with Gasteiger partial charge in [0, 0.05) is 18.0 Å². The Morgan fingerprint density at radius 2 is 1.55 bits per heavy atom. The molecule has 1 aromatic carbocycles. The van der Waals surface area contributed by atoms with E-state index in [1.165, 1.54) is 38.0 Å². The number of rotatable bonds is 4. The Morgan fingerprint density at radius 1 is 1.00 bits per heavy atom. The van der Waals surface area contributed by atoms with Crippen LogP contribution in [0.5, 0.6) is 17.2 Å². The molecule has 0 bridgehead atoms. The Labute approximate surface area is 121 Å². The number of carbonyl (C=O) groups excluding carboxylic acids is 1. The summed E-state index contributed by atoms with van der Waals surface area (Å²) in [4.78, 5) is 13.9. The van der Waals surface area contributed by atoms with Crippen LogP contribution in [-0.4, -0.2) is 32.1 Å². The van der Waals surface area contributed by atoms with Crippen LogP contribution >= 0.6 is 11.8 Å². The Balaban J connectivity index is 2.41. The predicted octanol–water partition coefficient (Wildman–Crippen LogP) is 2.84. The number of hydrogen-bond acceptors (Lipinski definition) is 5. The Bertz CT molecular complexity index is 531. The van der Waals surface area contributed by atoms with Gasteiger partial charge in [0.2, 0.25) is 5.75 Å². The summed E-state index contributed by atoms with van der Waals surface area (Å²) in [5.74, 6) is 1.20. The first-order valence-corrected chi connectivity index (χ1v) is 6.77. The molecule has 0 fully saturated rings. The molecule has 0 atom stereocenters. The van der Waals surface area contributed by atoms with Crippen molar-refractivity contribution < 1.29 is 19.0 Å². The highest BCUT2D eigenvalue weighted by Crippen LogP contribution is 2.38. The monoisotopic (exact) mass is 293 g/mol. The van der Waals surface area contributed by atoms with Crippen molar-refractivity contribution >= 4 is 17.7 Å². The van der Waals surface area contributed by atoms with E-state index in [9.17, 15) is 4.79 Å². The van der Waals surface area contributed by atoms with Gasteiger partial charge in [0.25, 0.3) is 5.91 Å². The summed E-state index contributed by atoms with van der Waals surface area (Å²) in [6.45, 7) is 0. The van der Waals surface area contributed by atoms with E-state index in [0.717, 1.165) is 0 Å². The molecule has 0 spiro atoms. The van der Waals surface area contributed by atoms with Gasteiger partial charge in [0.05, 0.1) is 21.3 Å². The number of benzene rings is 1. The predicted molar refractivity (Wildman–Crippen MR) is 78.1 cm³/mol. The van der Waals surface area contributed by atoms with Crippen LogP contribution in [0.2, 0.25) is 0 Å². The molecule has 1 aliphatic heterocycles. The zero-order valence-corrected chi connectivity index (χ0v) is 12.3. The van der Waals surface area contributed by atoms with Crippen molar-refractivity contribution in [1.82, 2.24) is 4.90 Å². The Hall–Kier alpha value is -2.08. The van der Waals surface area contributed by atoms with Crippen molar-refractivity contribution in [2.75, 3.05) is 21.3 Å². The lowest BCUT2D eigenvalue weighted by molar-refractivity contribution is 0.0868. The molecule has 0 aliphatic carbocycles. The molecule has 5 nitrogen and oxygen atoms in total. The summed E-state index contributed by atoms with van der Waals surface area (Å²) in [6, 6.07) is 3.26. The van der Waals surface area contributed by atoms with Crippen molar-refractivity contribution in [2.45, 2.75) is 0 Å². The Kier molecular flexibility index (Phi) is 4.57. The van der Waals surface area contributed by atoms with Gasteiger partial charge in [-0.1, -0.05) is 0 Å².